The second-order valence-electron chi connectivity index (χ2n) is 5.60. The molecular weight excluding hydrogens is 262 g/mol. The summed E-state index contributed by atoms with van der Waals surface area (Å²) in [6, 6.07) is 5.06. The molecule has 4 heteroatoms. The van der Waals surface area contributed by atoms with Crippen molar-refractivity contribution in [1.82, 2.24) is 5.32 Å². The molecule has 0 spiro atoms. The summed E-state index contributed by atoms with van der Waals surface area (Å²) in [5.74, 6) is 0.263. The fraction of sp³-hybridized carbons (Fsp3) is 0.600. The van der Waals surface area contributed by atoms with Gasteiger partial charge in [0.2, 0.25) is 0 Å². The average molecular weight is 284 g/mol. The Morgan fingerprint density at radius 2 is 1.95 bits per heavy atom. The normalized spacial score (nSPS) is 18.4. The monoisotopic (exact) mass is 283 g/mol. The Kier molecular flexibility index (Phi) is 5.08. The van der Waals surface area contributed by atoms with Crippen molar-refractivity contribution in [3.05, 3.63) is 28.8 Å². The van der Waals surface area contributed by atoms with E-state index in [2.05, 4.69) is 5.32 Å². The Bertz CT molecular complexity index is 417. The summed E-state index contributed by atoms with van der Waals surface area (Å²) < 4.78 is 0. The van der Waals surface area contributed by atoms with Crippen LogP contribution in [0.5, 0.6) is 5.75 Å². The van der Waals surface area contributed by atoms with E-state index in [1.165, 1.54) is 19.3 Å². The number of halogens is 1. The minimum atomic E-state index is 0.0203. The highest BCUT2D eigenvalue weighted by Crippen LogP contribution is 2.35. The first kappa shape index (κ1) is 14.6. The third-order valence-electron chi connectivity index (χ3n) is 4.11. The number of phenols is 1. The van der Waals surface area contributed by atoms with E-state index in [-0.39, 0.29) is 17.8 Å². The van der Waals surface area contributed by atoms with Crippen LogP contribution in [0.2, 0.25) is 5.02 Å². The number of hydrogen-bond acceptors (Lipinski definition) is 3. The zero-order chi connectivity index (χ0) is 13.7. The molecule has 0 heterocycles. The number of nitrogens with one attached hydrogen (secondary N) is 1. The van der Waals surface area contributed by atoms with E-state index >= 15 is 0 Å². The molecular formula is C15H22ClNO2. The summed E-state index contributed by atoms with van der Waals surface area (Å²) in [6.45, 7) is 1.60. The topological polar surface area (TPSA) is 52.5 Å². The number of hydrogen-bond donors (Lipinski definition) is 3. The number of rotatable bonds is 5. The van der Waals surface area contributed by atoms with E-state index in [1.54, 1.807) is 18.2 Å². The van der Waals surface area contributed by atoms with Crippen LogP contribution >= 0.6 is 11.6 Å². The number of phenolic OH excluding ortho intramolecular Hbond substituents is 1. The molecule has 1 aromatic rings. The zero-order valence-corrected chi connectivity index (χ0v) is 11.9. The second-order valence-corrected chi connectivity index (χ2v) is 6.03. The summed E-state index contributed by atoms with van der Waals surface area (Å²) in [7, 11) is 0. The van der Waals surface area contributed by atoms with Crippen LogP contribution in [0.3, 0.4) is 0 Å². The average Bonchev–Trinajstić information content (AvgIpc) is 2.44. The number of aliphatic hydroxyl groups is 1. The van der Waals surface area contributed by atoms with Gasteiger partial charge in [-0.2, -0.15) is 0 Å². The molecule has 106 valence electrons. The van der Waals surface area contributed by atoms with Crippen molar-refractivity contribution in [1.29, 1.82) is 0 Å². The SMILES string of the molecule is OCC1(CNCc2cc(Cl)ccc2O)CCCCC1. The lowest BCUT2D eigenvalue weighted by atomic mass is 9.74. The van der Waals surface area contributed by atoms with Gasteiger partial charge in [0, 0.05) is 35.7 Å². The quantitative estimate of drug-likeness (QED) is 0.778. The largest absolute Gasteiger partial charge is 0.508 e. The summed E-state index contributed by atoms with van der Waals surface area (Å²) in [6.07, 6.45) is 5.84. The van der Waals surface area contributed by atoms with Crippen LogP contribution in [0, 0.1) is 5.41 Å². The lowest BCUT2D eigenvalue weighted by molar-refractivity contribution is 0.0810. The molecule has 3 nitrogen and oxygen atoms in total. The van der Waals surface area contributed by atoms with Gasteiger partial charge in [0.15, 0.2) is 0 Å². The van der Waals surface area contributed by atoms with E-state index in [9.17, 15) is 10.2 Å². The van der Waals surface area contributed by atoms with Gasteiger partial charge in [-0.05, 0) is 31.0 Å². The molecule has 2 rings (SSSR count). The maximum Gasteiger partial charge on any atom is 0.120 e. The highest BCUT2D eigenvalue weighted by Gasteiger charge is 2.30. The van der Waals surface area contributed by atoms with E-state index in [0.717, 1.165) is 24.9 Å². The van der Waals surface area contributed by atoms with Crippen molar-refractivity contribution in [3.63, 3.8) is 0 Å². The smallest absolute Gasteiger partial charge is 0.120 e. The van der Waals surface area contributed by atoms with Crippen LogP contribution < -0.4 is 5.32 Å². The summed E-state index contributed by atoms with van der Waals surface area (Å²) >= 11 is 5.92. The van der Waals surface area contributed by atoms with Crippen molar-refractivity contribution in [3.8, 4) is 5.75 Å². The van der Waals surface area contributed by atoms with Gasteiger partial charge in [-0.15, -0.1) is 0 Å². The predicted octanol–water partition coefficient (Wildman–Crippen LogP) is 3.08. The minimum Gasteiger partial charge on any atom is -0.508 e. The molecule has 0 bridgehead atoms. The van der Waals surface area contributed by atoms with Crippen molar-refractivity contribution in [2.24, 2.45) is 5.41 Å². The molecule has 0 saturated heterocycles. The first-order chi connectivity index (χ1) is 9.15. The molecule has 1 aromatic carbocycles. The van der Waals surface area contributed by atoms with Crippen LogP contribution in [-0.2, 0) is 6.54 Å². The second kappa shape index (κ2) is 6.60. The first-order valence-electron chi connectivity index (χ1n) is 6.94. The maximum atomic E-state index is 9.75. The van der Waals surface area contributed by atoms with Crippen molar-refractivity contribution in [2.75, 3.05) is 13.2 Å². The van der Waals surface area contributed by atoms with Crippen molar-refractivity contribution >= 4 is 11.6 Å². The lowest BCUT2D eigenvalue weighted by Gasteiger charge is -2.35. The lowest BCUT2D eigenvalue weighted by Crippen LogP contribution is -2.38. The van der Waals surface area contributed by atoms with E-state index < -0.39 is 0 Å². The van der Waals surface area contributed by atoms with Crippen LogP contribution in [-0.4, -0.2) is 23.4 Å². The Morgan fingerprint density at radius 1 is 1.21 bits per heavy atom. The molecule has 19 heavy (non-hydrogen) atoms. The fourth-order valence-electron chi connectivity index (χ4n) is 2.85. The van der Waals surface area contributed by atoms with Gasteiger partial charge >= 0.3 is 0 Å². The Labute approximate surface area is 119 Å². The number of aromatic hydroxyl groups is 1. The van der Waals surface area contributed by atoms with Crippen molar-refractivity contribution < 1.29 is 10.2 Å². The predicted molar refractivity (Wildman–Crippen MR) is 77.4 cm³/mol. The minimum absolute atomic E-state index is 0.0203. The molecule has 3 N–H and O–H groups in total. The highest BCUT2D eigenvalue weighted by molar-refractivity contribution is 6.30. The van der Waals surface area contributed by atoms with Crippen LogP contribution in [0.15, 0.2) is 18.2 Å². The third kappa shape index (κ3) is 3.85. The van der Waals surface area contributed by atoms with E-state index in [4.69, 9.17) is 11.6 Å². The van der Waals surface area contributed by atoms with Gasteiger partial charge < -0.3 is 15.5 Å². The molecule has 1 saturated carbocycles. The first-order valence-corrected chi connectivity index (χ1v) is 7.32. The van der Waals surface area contributed by atoms with Gasteiger partial charge in [-0.3, -0.25) is 0 Å². The molecule has 0 aromatic heterocycles. The van der Waals surface area contributed by atoms with Gasteiger partial charge in [0.25, 0.3) is 0 Å². The van der Waals surface area contributed by atoms with Crippen molar-refractivity contribution in [2.45, 2.75) is 38.6 Å². The highest BCUT2D eigenvalue weighted by atomic mass is 35.5. The van der Waals surface area contributed by atoms with Gasteiger partial charge in [-0.1, -0.05) is 30.9 Å². The van der Waals surface area contributed by atoms with E-state index in [1.807, 2.05) is 0 Å². The standard InChI is InChI=1S/C15H22ClNO2/c16-13-4-5-14(19)12(8-13)9-17-10-15(11-18)6-2-1-3-7-15/h4-5,8,17-19H,1-3,6-7,9-11H2. The summed E-state index contributed by atoms with van der Waals surface area (Å²) in [4.78, 5) is 0. The van der Waals surface area contributed by atoms with Gasteiger partial charge in [0.05, 0.1) is 0 Å². The number of benzene rings is 1. The molecule has 1 aliphatic rings. The molecule has 1 fully saturated rings. The van der Waals surface area contributed by atoms with Crippen LogP contribution in [0.4, 0.5) is 0 Å². The maximum absolute atomic E-state index is 9.75. The number of aliphatic hydroxyl groups excluding tert-OH is 1. The Hall–Kier alpha value is -0.770. The van der Waals surface area contributed by atoms with Gasteiger partial charge in [-0.25, -0.2) is 0 Å². The van der Waals surface area contributed by atoms with Crippen LogP contribution in [0.1, 0.15) is 37.7 Å². The van der Waals surface area contributed by atoms with E-state index in [0.29, 0.717) is 11.6 Å². The summed E-state index contributed by atoms with van der Waals surface area (Å²) in [5.41, 5.74) is 0.823. The molecule has 0 radical (unpaired) electrons. The fourth-order valence-corrected chi connectivity index (χ4v) is 3.05. The molecule has 0 aliphatic heterocycles. The molecule has 0 unspecified atom stereocenters. The Morgan fingerprint density at radius 3 is 2.63 bits per heavy atom. The molecule has 1 aliphatic carbocycles. The molecule has 0 atom stereocenters. The Balaban J connectivity index is 1.90. The van der Waals surface area contributed by atoms with Crippen LogP contribution in [0.25, 0.3) is 0 Å². The zero-order valence-electron chi connectivity index (χ0n) is 11.2. The third-order valence-corrected chi connectivity index (χ3v) is 4.34. The summed E-state index contributed by atoms with van der Waals surface area (Å²) in [5, 5.41) is 23.4. The van der Waals surface area contributed by atoms with Gasteiger partial charge in [0.1, 0.15) is 5.75 Å². The molecule has 0 amide bonds.